The number of rotatable bonds is 6. The number of hydrogen-bond donors (Lipinski definition) is 0. The Hall–Kier alpha value is -2.75. The molecule has 0 unspecified atom stereocenters. The zero-order chi connectivity index (χ0) is 27.2. The number of fused-ring (bicyclic) bond motifs is 5. The zero-order valence-electron chi connectivity index (χ0n) is 23.9. The minimum absolute atomic E-state index is 0.0880. The lowest BCUT2D eigenvalue weighted by atomic mass is 9.48. The van der Waals surface area contributed by atoms with Crippen LogP contribution in [0.4, 0.5) is 0 Å². The Morgan fingerprint density at radius 2 is 1.35 bits per heavy atom. The molecule has 0 saturated heterocycles. The van der Waals surface area contributed by atoms with Crippen LogP contribution < -0.4 is 15.6 Å². The second-order valence-corrected chi connectivity index (χ2v) is 16.6. The number of benzene rings is 3. The molecule has 40 heavy (non-hydrogen) atoms. The second-order valence-electron chi connectivity index (χ2n) is 13.2. The van der Waals surface area contributed by atoms with Crippen LogP contribution >= 0.6 is 0 Å². The summed E-state index contributed by atoms with van der Waals surface area (Å²) in [7, 11) is -2.78. The molecule has 5 atom stereocenters. The van der Waals surface area contributed by atoms with Gasteiger partial charge in [0.1, 0.15) is 5.78 Å². The van der Waals surface area contributed by atoms with Gasteiger partial charge in [0, 0.05) is 23.9 Å². The van der Waals surface area contributed by atoms with E-state index in [1.165, 1.54) is 47.7 Å². The number of Topliss-reactive ketones (excluding diaryl/α,β-unsaturated/α-hetero) is 1. The molecule has 206 valence electrons. The Bertz CT molecular complexity index is 1290. The molecule has 0 heterocycles. The number of hydrogen-bond acceptors (Lipinski definition) is 2. The maximum atomic E-state index is 13.1. The van der Waals surface area contributed by atoms with Crippen molar-refractivity contribution in [2.75, 3.05) is 6.61 Å². The molecular weight excluding hydrogens is 504 g/mol. The standard InChI is InChI=1S/C37H42O2Si/c1-36-26-24-34-32(33(36)22-23-35(36)38)21-20-28-13-11-12-25-37(28,34)27-39-40(29-14-5-2-6-15-29,30-16-7-3-8-17-30)31-18-9-4-10-19-31/h2-10,14-20,32-34H,11-13,21-27H2,1H3/t32-,33-,34+,36-,37+/m0/s1. The lowest BCUT2D eigenvalue weighted by molar-refractivity contribution is -0.132. The van der Waals surface area contributed by atoms with Crippen molar-refractivity contribution in [2.45, 2.75) is 64.7 Å². The molecule has 3 heteroatoms. The molecule has 3 fully saturated rings. The van der Waals surface area contributed by atoms with Gasteiger partial charge in [0.25, 0.3) is 8.32 Å². The first-order chi connectivity index (χ1) is 19.6. The first-order valence-electron chi connectivity index (χ1n) is 15.6. The normalized spacial score (nSPS) is 31.6. The molecule has 0 N–H and O–H groups in total. The third kappa shape index (κ3) is 3.95. The molecule has 4 aliphatic carbocycles. The van der Waals surface area contributed by atoms with E-state index in [1.807, 2.05) is 0 Å². The maximum Gasteiger partial charge on any atom is 0.288 e. The minimum Gasteiger partial charge on any atom is -0.403 e. The van der Waals surface area contributed by atoms with E-state index in [0.29, 0.717) is 23.5 Å². The highest BCUT2D eigenvalue weighted by atomic mass is 28.4. The third-order valence-electron chi connectivity index (χ3n) is 11.5. The lowest BCUT2D eigenvalue weighted by Crippen LogP contribution is -2.70. The summed E-state index contributed by atoms with van der Waals surface area (Å²) in [4.78, 5) is 13.1. The molecule has 3 aromatic rings. The average Bonchev–Trinajstić information content (AvgIpc) is 3.33. The van der Waals surface area contributed by atoms with E-state index < -0.39 is 8.32 Å². The fraction of sp³-hybridized carbons (Fsp3) is 0.432. The van der Waals surface area contributed by atoms with Crippen LogP contribution in [-0.4, -0.2) is 20.7 Å². The highest BCUT2D eigenvalue weighted by Crippen LogP contribution is 2.64. The fourth-order valence-electron chi connectivity index (χ4n) is 9.52. The maximum absolute atomic E-state index is 13.1. The van der Waals surface area contributed by atoms with Gasteiger partial charge in [-0.1, -0.05) is 116 Å². The summed E-state index contributed by atoms with van der Waals surface area (Å²) in [5.41, 5.74) is 1.66. The molecule has 3 saturated carbocycles. The fourth-order valence-corrected chi connectivity index (χ4v) is 13.5. The third-order valence-corrected chi connectivity index (χ3v) is 15.6. The van der Waals surface area contributed by atoms with Crippen LogP contribution in [0.15, 0.2) is 103 Å². The van der Waals surface area contributed by atoms with Crippen LogP contribution in [0.25, 0.3) is 0 Å². The van der Waals surface area contributed by atoms with Gasteiger partial charge in [-0.3, -0.25) is 4.79 Å². The van der Waals surface area contributed by atoms with Gasteiger partial charge in [-0.25, -0.2) is 0 Å². The quantitative estimate of drug-likeness (QED) is 0.199. The summed E-state index contributed by atoms with van der Waals surface area (Å²) < 4.78 is 7.73. The van der Waals surface area contributed by atoms with Gasteiger partial charge in [0.2, 0.25) is 0 Å². The van der Waals surface area contributed by atoms with Crippen LogP contribution in [0.1, 0.15) is 64.7 Å². The van der Waals surface area contributed by atoms with Crippen molar-refractivity contribution in [3.63, 3.8) is 0 Å². The van der Waals surface area contributed by atoms with E-state index in [4.69, 9.17) is 4.43 Å². The van der Waals surface area contributed by atoms with Gasteiger partial charge in [-0.05, 0) is 78.3 Å². The Balaban J connectivity index is 1.34. The predicted molar refractivity (Wildman–Crippen MR) is 166 cm³/mol. The van der Waals surface area contributed by atoms with Crippen molar-refractivity contribution in [1.29, 1.82) is 0 Å². The summed E-state index contributed by atoms with van der Waals surface area (Å²) in [6, 6.07) is 33.1. The van der Waals surface area contributed by atoms with Gasteiger partial charge in [0.05, 0.1) is 0 Å². The molecule has 0 spiro atoms. The highest BCUT2D eigenvalue weighted by molar-refractivity contribution is 7.07. The molecule has 7 rings (SSSR count). The SMILES string of the molecule is C[C@]12CC[C@@H]3[C@@H](CC=C4CCCC[C@@]43CO[Si](c3ccccc3)(c3ccccc3)c3ccccc3)[C@@H]1CCC2=O. The van der Waals surface area contributed by atoms with E-state index >= 15 is 0 Å². The number of carbonyl (C=O) groups excluding carboxylic acids is 1. The average molecular weight is 547 g/mol. The van der Waals surface area contributed by atoms with E-state index in [-0.39, 0.29) is 10.8 Å². The molecule has 4 aliphatic rings. The summed E-state index contributed by atoms with van der Waals surface area (Å²) in [6.07, 6.45) is 12.9. The molecule has 0 aromatic heterocycles. The van der Waals surface area contributed by atoms with Crippen molar-refractivity contribution < 1.29 is 9.22 Å². The largest absolute Gasteiger partial charge is 0.403 e. The van der Waals surface area contributed by atoms with Gasteiger partial charge in [-0.15, -0.1) is 0 Å². The topological polar surface area (TPSA) is 26.3 Å². The monoisotopic (exact) mass is 546 g/mol. The van der Waals surface area contributed by atoms with E-state index in [9.17, 15) is 4.79 Å². The van der Waals surface area contributed by atoms with Crippen molar-refractivity contribution in [2.24, 2.45) is 28.6 Å². The van der Waals surface area contributed by atoms with Crippen LogP contribution in [0, 0.1) is 28.6 Å². The van der Waals surface area contributed by atoms with E-state index in [2.05, 4.69) is 104 Å². The van der Waals surface area contributed by atoms with Crippen molar-refractivity contribution >= 4 is 29.7 Å². The molecule has 0 amide bonds. The van der Waals surface area contributed by atoms with Crippen molar-refractivity contribution in [3.05, 3.63) is 103 Å². The summed E-state index contributed by atoms with van der Waals surface area (Å²) in [5, 5.41) is 3.94. The number of ketones is 1. The van der Waals surface area contributed by atoms with Crippen LogP contribution in [0.3, 0.4) is 0 Å². The number of carbonyl (C=O) groups is 1. The van der Waals surface area contributed by atoms with Gasteiger partial charge >= 0.3 is 0 Å². The van der Waals surface area contributed by atoms with E-state index in [1.54, 1.807) is 5.57 Å². The Labute approximate surface area is 241 Å². The molecule has 0 bridgehead atoms. The van der Waals surface area contributed by atoms with Crippen LogP contribution in [0.5, 0.6) is 0 Å². The van der Waals surface area contributed by atoms with E-state index in [0.717, 1.165) is 32.3 Å². The van der Waals surface area contributed by atoms with Crippen molar-refractivity contribution in [3.8, 4) is 0 Å². The van der Waals surface area contributed by atoms with Crippen LogP contribution in [-0.2, 0) is 9.22 Å². The van der Waals surface area contributed by atoms with Gasteiger partial charge in [0.15, 0.2) is 0 Å². The molecule has 0 radical (unpaired) electrons. The summed E-state index contributed by atoms with van der Waals surface area (Å²) in [6.45, 7) is 3.08. The van der Waals surface area contributed by atoms with Gasteiger partial charge in [-0.2, -0.15) is 0 Å². The molecule has 2 nitrogen and oxygen atoms in total. The Kier molecular flexibility index (Phi) is 6.71. The second kappa shape index (κ2) is 10.3. The molecular formula is C37H42O2Si. The van der Waals surface area contributed by atoms with Crippen molar-refractivity contribution in [1.82, 2.24) is 0 Å². The first kappa shape index (κ1) is 26.2. The first-order valence-corrected chi connectivity index (χ1v) is 17.5. The Morgan fingerprint density at radius 1 is 0.750 bits per heavy atom. The smallest absolute Gasteiger partial charge is 0.288 e. The van der Waals surface area contributed by atoms with Gasteiger partial charge < -0.3 is 4.43 Å². The minimum atomic E-state index is -2.78. The van der Waals surface area contributed by atoms with Crippen LogP contribution in [0.2, 0.25) is 0 Å². The lowest BCUT2D eigenvalue weighted by Gasteiger charge is -2.58. The summed E-state index contributed by atoms with van der Waals surface area (Å²) in [5.74, 6) is 2.29. The Morgan fingerprint density at radius 3 is 1.95 bits per heavy atom. The summed E-state index contributed by atoms with van der Waals surface area (Å²) >= 11 is 0. The zero-order valence-corrected chi connectivity index (χ0v) is 24.9. The highest BCUT2D eigenvalue weighted by Gasteiger charge is 2.60. The number of allylic oxidation sites excluding steroid dienone is 1. The molecule has 3 aromatic carbocycles. The molecule has 0 aliphatic heterocycles. The predicted octanol–water partition coefficient (Wildman–Crippen LogP) is 6.57.